The van der Waals surface area contributed by atoms with Gasteiger partial charge in [0, 0.05) is 17.9 Å². The molecule has 136 valence electrons. The maximum Gasteiger partial charge on any atom is 0.326 e. The van der Waals surface area contributed by atoms with Crippen molar-refractivity contribution < 1.29 is 23.1 Å². The van der Waals surface area contributed by atoms with E-state index >= 15 is 0 Å². The summed E-state index contributed by atoms with van der Waals surface area (Å²) in [5.74, 6) is -1.03. The average Bonchev–Trinajstić information content (AvgIpc) is 2.93. The predicted molar refractivity (Wildman–Crippen MR) is 92.9 cm³/mol. The number of fused-ring (bicyclic) bond motifs is 1. The third kappa shape index (κ3) is 3.86. The van der Waals surface area contributed by atoms with Crippen molar-refractivity contribution in [1.82, 2.24) is 4.90 Å². The van der Waals surface area contributed by atoms with Gasteiger partial charge in [0.2, 0.25) is 0 Å². The lowest BCUT2D eigenvalue weighted by atomic mass is 9.84. The minimum atomic E-state index is -3.13. The topological polar surface area (TPSA) is 91.8 Å². The van der Waals surface area contributed by atoms with Crippen molar-refractivity contribution in [2.24, 2.45) is 5.92 Å². The highest BCUT2D eigenvalue weighted by Crippen LogP contribution is 2.40. The number of aliphatic carboxylic acids is 1. The van der Waals surface area contributed by atoms with Gasteiger partial charge < -0.3 is 10.0 Å². The van der Waals surface area contributed by atoms with E-state index in [4.69, 9.17) is 0 Å². The zero-order chi connectivity index (χ0) is 18.2. The van der Waals surface area contributed by atoms with Gasteiger partial charge in [0.25, 0.3) is 5.91 Å². The normalized spacial score (nSPS) is 26.3. The fraction of sp³-hybridized carbons (Fsp3) is 0.556. The summed E-state index contributed by atoms with van der Waals surface area (Å²) >= 11 is 0. The molecular weight excluding hydrogens is 342 g/mol. The number of benzene rings is 1. The van der Waals surface area contributed by atoms with Gasteiger partial charge in [-0.3, -0.25) is 4.79 Å². The van der Waals surface area contributed by atoms with E-state index in [0.717, 1.165) is 31.9 Å². The summed E-state index contributed by atoms with van der Waals surface area (Å²) in [6.07, 6.45) is 5.63. The van der Waals surface area contributed by atoms with Crippen LogP contribution in [0.2, 0.25) is 0 Å². The van der Waals surface area contributed by atoms with Crippen LogP contribution in [0.5, 0.6) is 0 Å². The molecule has 3 rings (SSSR count). The van der Waals surface area contributed by atoms with Gasteiger partial charge in [0.15, 0.2) is 9.84 Å². The Balaban J connectivity index is 1.83. The van der Waals surface area contributed by atoms with E-state index in [-0.39, 0.29) is 23.6 Å². The molecule has 6 nitrogen and oxygen atoms in total. The first-order valence-corrected chi connectivity index (χ1v) is 10.6. The summed E-state index contributed by atoms with van der Waals surface area (Å²) in [4.78, 5) is 26.2. The third-order valence-corrected chi connectivity index (χ3v) is 6.10. The molecular formula is C18H23NO5S. The van der Waals surface area contributed by atoms with Crippen LogP contribution in [0.25, 0.3) is 0 Å². The summed E-state index contributed by atoms with van der Waals surface area (Å²) < 4.78 is 22.7. The highest BCUT2D eigenvalue weighted by atomic mass is 32.2. The average molecular weight is 365 g/mol. The summed E-state index contributed by atoms with van der Waals surface area (Å²) in [6.45, 7) is 0. The number of carbonyl (C=O) groups excluding carboxylic acids is 1. The molecule has 2 fully saturated rings. The number of hydrogen-bond donors (Lipinski definition) is 1. The Morgan fingerprint density at radius 3 is 2.40 bits per heavy atom. The van der Waals surface area contributed by atoms with Crippen LogP contribution in [0.4, 0.5) is 0 Å². The zero-order valence-corrected chi connectivity index (χ0v) is 15.0. The first kappa shape index (κ1) is 17.9. The van der Waals surface area contributed by atoms with Gasteiger partial charge >= 0.3 is 5.97 Å². The molecule has 1 aromatic rings. The van der Waals surface area contributed by atoms with Gasteiger partial charge in [-0.2, -0.15) is 0 Å². The molecule has 0 radical (unpaired) electrons. The van der Waals surface area contributed by atoms with Gasteiger partial charge in [-0.25, -0.2) is 13.2 Å². The molecule has 7 heteroatoms. The van der Waals surface area contributed by atoms with E-state index in [1.165, 1.54) is 0 Å². The molecule has 0 unspecified atom stereocenters. The van der Waals surface area contributed by atoms with Crippen molar-refractivity contribution in [2.75, 3.05) is 6.26 Å². The number of likely N-dealkylation sites (tertiary alicyclic amines) is 1. The minimum absolute atomic E-state index is 0.00181. The van der Waals surface area contributed by atoms with Crippen LogP contribution in [0.1, 0.15) is 48.0 Å². The van der Waals surface area contributed by atoms with Crippen LogP contribution in [-0.2, 0) is 20.4 Å². The maximum atomic E-state index is 13.0. The predicted octanol–water partition coefficient (Wildman–Crippen LogP) is 2.09. The van der Waals surface area contributed by atoms with Gasteiger partial charge in [-0.05, 0) is 42.9 Å². The molecule has 1 heterocycles. The molecule has 1 saturated carbocycles. The Labute approximate surface area is 147 Å². The van der Waals surface area contributed by atoms with Crippen LogP contribution < -0.4 is 0 Å². The number of carbonyl (C=O) groups is 2. The second-order valence-corrected chi connectivity index (χ2v) is 9.32. The van der Waals surface area contributed by atoms with Crippen LogP contribution in [0.15, 0.2) is 24.3 Å². The number of carboxylic acid groups (broad SMARTS) is 1. The molecule has 1 aliphatic heterocycles. The molecule has 1 aromatic carbocycles. The van der Waals surface area contributed by atoms with Crippen molar-refractivity contribution in [2.45, 2.75) is 49.9 Å². The summed E-state index contributed by atoms with van der Waals surface area (Å²) in [7, 11) is -3.13. The molecule has 3 atom stereocenters. The highest BCUT2D eigenvalue weighted by molar-refractivity contribution is 7.89. The monoisotopic (exact) mass is 365 g/mol. The molecule has 1 saturated heterocycles. The Morgan fingerprint density at radius 1 is 1.16 bits per heavy atom. The fourth-order valence-electron chi connectivity index (χ4n) is 4.17. The van der Waals surface area contributed by atoms with E-state index in [9.17, 15) is 23.1 Å². The minimum Gasteiger partial charge on any atom is -0.480 e. The van der Waals surface area contributed by atoms with E-state index in [0.29, 0.717) is 17.5 Å². The SMILES string of the molecule is CS(=O)(=O)Cc1ccc(C(=O)N2[C@@H]3CCCC[C@@H]3C[C@H]2C(=O)O)cc1. The molecule has 2 aliphatic rings. The lowest BCUT2D eigenvalue weighted by molar-refractivity contribution is -0.141. The Morgan fingerprint density at radius 2 is 1.80 bits per heavy atom. The van der Waals surface area contributed by atoms with Crippen LogP contribution in [-0.4, -0.2) is 48.6 Å². The maximum absolute atomic E-state index is 13.0. The first-order valence-electron chi connectivity index (χ1n) is 8.58. The van der Waals surface area contributed by atoms with Crippen molar-refractivity contribution in [3.8, 4) is 0 Å². The van der Waals surface area contributed by atoms with Crippen molar-refractivity contribution in [3.05, 3.63) is 35.4 Å². The van der Waals surface area contributed by atoms with E-state index < -0.39 is 21.8 Å². The highest BCUT2D eigenvalue weighted by Gasteiger charge is 2.47. The van der Waals surface area contributed by atoms with Crippen LogP contribution >= 0.6 is 0 Å². The van der Waals surface area contributed by atoms with Gasteiger partial charge in [-0.15, -0.1) is 0 Å². The lowest BCUT2D eigenvalue weighted by Crippen LogP contribution is -2.46. The molecule has 1 aliphatic carbocycles. The molecule has 1 amide bonds. The fourth-order valence-corrected chi connectivity index (χ4v) is 4.97. The summed E-state index contributed by atoms with van der Waals surface area (Å²) in [5, 5.41) is 9.54. The molecule has 0 bridgehead atoms. The number of sulfone groups is 1. The van der Waals surface area contributed by atoms with E-state index in [1.807, 2.05) is 0 Å². The Hall–Kier alpha value is -1.89. The van der Waals surface area contributed by atoms with Crippen LogP contribution in [0, 0.1) is 5.92 Å². The zero-order valence-electron chi connectivity index (χ0n) is 14.2. The largest absolute Gasteiger partial charge is 0.480 e. The van der Waals surface area contributed by atoms with Crippen LogP contribution in [0.3, 0.4) is 0 Å². The first-order chi connectivity index (χ1) is 11.8. The third-order valence-electron chi connectivity index (χ3n) is 5.24. The number of amides is 1. The second-order valence-electron chi connectivity index (χ2n) is 7.18. The molecule has 0 aromatic heterocycles. The van der Waals surface area contributed by atoms with Crippen molar-refractivity contribution in [3.63, 3.8) is 0 Å². The Kier molecular flexibility index (Phi) is 4.86. The summed E-state index contributed by atoms with van der Waals surface area (Å²) in [6, 6.07) is 5.67. The number of hydrogen-bond acceptors (Lipinski definition) is 4. The number of nitrogens with zero attached hydrogens (tertiary/aromatic N) is 1. The quantitative estimate of drug-likeness (QED) is 0.882. The molecule has 25 heavy (non-hydrogen) atoms. The smallest absolute Gasteiger partial charge is 0.326 e. The summed E-state index contributed by atoms with van der Waals surface area (Å²) in [5.41, 5.74) is 1.03. The molecule has 1 N–H and O–H groups in total. The second kappa shape index (κ2) is 6.78. The van der Waals surface area contributed by atoms with E-state index in [1.54, 1.807) is 29.2 Å². The van der Waals surface area contributed by atoms with Crippen molar-refractivity contribution in [1.29, 1.82) is 0 Å². The lowest BCUT2D eigenvalue weighted by Gasteiger charge is -2.33. The standard InChI is InChI=1S/C18H23NO5S/c1-25(23,24)11-12-6-8-13(9-7-12)17(20)19-15-5-3-2-4-14(15)10-16(19)18(21)22/h6-9,14-16H,2-5,10-11H2,1H3,(H,21,22)/t14-,15-,16+/m1/s1. The van der Waals surface area contributed by atoms with E-state index in [2.05, 4.69) is 0 Å². The van der Waals surface area contributed by atoms with Gasteiger partial charge in [-0.1, -0.05) is 25.0 Å². The van der Waals surface area contributed by atoms with Crippen molar-refractivity contribution >= 4 is 21.7 Å². The Bertz CT molecular complexity index is 771. The number of rotatable bonds is 4. The molecule has 0 spiro atoms. The van der Waals surface area contributed by atoms with Gasteiger partial charge in [0.1, 0.15) is 6.04 Å². The number of carboxylic acids is 1. The van der Waals surface area contributed by atoms with Gasteiger partial charge in [0.05, 0.1) is 5.75 Å².